The summed E-state index contributed by atoms with van der Waals surface area (Å²) in [7, 11) is 0. The third-order valence-corrected chi connectivity index (χ3v) is 3.08. The van der Waals surface area contributed by atoms with Crippen molar-refractivity contribution < 1.29 is 0 Å². The van der Waals surface area contributed by atoms with Crippen LogP contribution in [0.2, 0.25) is 0 Å². The molecule has 1 heterocycles. The highest BCUT2D eigenvalue weighted by molar-refractivity contribution is 8.01. The SMILES string of the molecule is C=CCC(C)Sc1nncs1. The van der Waals surface area contributed by atoms with E-state index in [1.165, 1.54) is 0 Å². The van der Waals surface area contributed by atoms with Crippen molar-refractivity contribution >= 4 is 23.1 Å². The molecule has 0 aliphatic heterocycles. The number of aromatic nitrogens is 2. The quantitative estimate of drug-likeness (QED) is 0.534. The number of hydrogen-bond acceptors (Lipinski definition) is 4. The lowest BCUT2D eigenvalue weighted by molar-refractivity contribution is 0.962. The lowest BCUT2D eigenvalue weighted by Gasteiger charge is -2.02. The van der Waals surface area contributed by atoms with Crippen LogP contribution < -0.4 is 0 Å². The van der Waals surface area contributed by atoms with Gasteiger partial charge in [0, 0.05) is 5.25 Å². The smallest absolute Gasteiger partial charge is 0.146 e. The first kappa shape index (κ1) is 8.74. The van der Waals surface area contributed by atoms with Gasteiger partial charge in [-0.05, 0) is 6.42 Å². The van der Waals surface area contributed by atoms with Crippen LogP contribution in [0.1, 0.15) is 13.3 Å². The molecule has 0 radical (unpaired) electrons. The number of rotatable bonds is 4. The molecule has 4 heteroatoms. The molecule has 1 aromatic heterocycles. The fourth-order valence-electron chi connectivity index (χ4n) is 0.669. The molecule has 1 atom stereocenters. The number of hydrogen-bond donors (Lipinski definition) is 0. The van der Waals surface area contributed by atoms with E-state index in [0.717, 1.165) is 10.8 Å². The molecule has 0 saturated carbocycles. The molecule has 1 rings (SSSR count). The first-order chi connectivity index (χ1) is 5.33. The molecule has 1 unspecified atom stereocenters. The van der Waals surface area contributed by atoms with Crippen LogP contribution in [0.3, 0.4) is 0 Å². The molecule has 0 fully saturated rings. The highest BCUT2D eigenvalue weighted by Gasteiger charge is 2.03. The van der Waals surface area contributed by atoms with Crippen molar-refractivity contribution in [3.05, 3.63) is 18.2 Å². The standard InChI is InChI=1S/C7H10N2S2/c1-3-4-6(2)11-7-9-8-5-10-7/h3,5-6H,1,4H2,2H3. The van der Waals surface area contributed by atoms with Gasteiger partial charge in [0.15, 0.2) is 4.34 Å². The van der Waals surface area contributed by atoms with Crippen molar-refractivity contribution in [2.45, 2.75) is 22.9 Å². The maximum absolute atomic E-state index is 3.94. The molecular formula is C7H10N2S2. The molecule has 2 nitrogen and oxygen atoms in total. The Hall–Kier alpha value is -0.350. The van der Waals surface area contributed by atoms with Crippen LogP contribution in [-0.2, 0) is 0 Å². The monoisotopic (exact) mass is 186 g/mol. The van der Waals surface area contributed by atoms with E-state index >= 15 is 0 Å². The van der Waals surface area contributed by atoms with Gasteiger partial charge in [-0.3, -0.25) is 0 Å². The molecular weight excluding hydrogens is 176 g/mol. The molecule has 0 aromatic carbocycles. The van der Waals surface area contributed by atoms with Crippen molar-refractivity contribution in [3.63, 3.8) is 0 Å². The molecule has 0 spiro atoms. The molecule has 0 bridgehead atoms. The van der Waals surface area contributed by atoms with Gasteiger partial charge in [0.2, 0.25) is 0 Å². The molecule has 0 aliphatic rings. The van der Waals surface area contributed by atoms with Crippen molar-refractivity contribution in [3.8, 4) is 0 Å². The minimum atomic E-state index is 0.556. The Labute approximate surface area is 74.7 Å². The summed E-state index contributed by atoms with van der Waals surface area (Å²) in [5.41, 5.74) is 1.75. The van der Waals surface area contributed by atoms with Gasteiger partial charge in [0.05, 0.1) is 0 Å². The maximum Gasteiger partial charge on any atom is 0.174 e. The molecule has 60 valence electrons. The first-order valence-electron chi connectivity index (χ1n) is 3.36. The molecule has 0 N–H and O–H groups in total. The minimum absolute atomic E-state index is 0.556. The molecule has 11 heavy (non-hydrogen) atoms. The van der Waals surface area contributed by atoms with E-state index in [-0.39, 0.29) is 0 Å². The highest BCUT2D eigenvalue weighted by Crippen LogP contribution is 2.25. The maximum atomic E-state index is 3.94. The lowest BCUT2D eigenvalue weighted by Crippen LogP contribution is -1.91. The third kappa shape index (κ3) is 3.03. The number of allylic oxidation sites excluding steroid dienone is 1. The van der Waals surface area contributed by atoms with Crippen molar-refractivity contribution in [1.29, 1.82) is 0 Å². The number of thioether (sulfide) groups is 1. The third-order valence-electron chi connectivity index (χ3n) is 1.14. The van der Waals surface area contributed by atoms with Crippen LogP contribution in [0.25, 0.3) is 0 Å². The van der Waals surface area contributed by atoms with Gasteiger partial charge in [0.1, 0.15) is 5.51 Å². The summed E-state index contributed by atoms with van der Waals surface area (Å²) >= 11 is 3.33. The Morgan fingerprint density at radius 1 is 1.91 bits per heavy atom. The van der Waals surface area contributed by atoms with Crippen molar-refractivity contribution in [1.82, 2.24) is 10.2 Å². The van der Waals surface area contributed by atoms with Gasteiger partial charge in [0.25, 0.3) is 0 Å². The summed E-state index contributed by atoms with van der Waals surface area (Å²) in [6.07, 6.45) is 2.95. The van der Waals surface area contributed by atoms with Crippen LogP contribution in [0, 0.1) is 0 Å². The van der Waals surface area contributed by atoms with Crippen LogP contribution in [0.15, 0.2) is 22.5 Å². The summed E-state index contributed by atoms with van der Waals surface area (Å²) < 4.78 is 1.04. The van der Waals surface area contributed by atoms with Gasteiger partial charge >= 0.3 is 0 Å². The summed E-state index contributed by atoms with van der Waals surface area (Å²) in [5, 5.41) is 8.25. The first-order valence-corrected chi connectivity index (χ1v) is 5.12. The van der Waals surface area contributed by atoms with Crippen LogP contribution >= 0.6 is 23.1 Å². The average molecular weight is 186 g/mol. The summed E-state index contributed by atoms with van der Waals surface area (Å²) in [4.78, 5) is 0. The normalized spacial score (nSPS) is 12.8. The molecule has 1 aromatic rings. The lowest BCUT2D eigenvalue weighted by atomic mass is 10.3. The minimum Gasteiger partial charge on any atom is -0.146 e. The summed E-state index contributed by atoms with van der Waals surface area (Å²) in [5.74, 6) is 0. The van der Waals surface area contributed by atoms with Crippen molar-refractivity contribution in [2.24, 2.45) is 0 Å². The van der Waals surface area contributed by atoms with E-state index in [2.05, 4.69) is 23.7 Å². The highest BCUT2D eigenvalue weighted by atomic mass is 32.2. The predicted molar refractivity (Wildman–Crippen MR) is 50.0 cm³/mol. The summed E-state index contributed by atoms with van der Waals surface area (Å²) in [6, 6.07) is 0. The Morgan fingerprint density at radius 2 is 2.73 bits per heavy atom. The Kier molecular flexibility index (Phi) is 3.59. The second-order valence-corrected chi connectivity index (χ2v) is 4.68. The largest absolute Gasteiger partial charge is 0.174 e. The van der Waals surface area contributed by atoms with Crippen molar-refractivity contribution in [2.75, 3.05) is 0 Å². The predicted octanol–water partition coefficient (Wildman–Crippen LogP) is 2.59. The number of nitrogens with zero attached hydrogens (tertiary/aromatic N) is 2. The fourth-order valence-corrected chi connectivity index (χ4v) is 2.46. The Morgan fingerprint density at radius 3 is 3.27 bits per heavy atom. The second kappa shape index (κ2) is 4.51. The Balaban J connectivity index is 2.37. The van der Waals surface area contributed by atoms with E-state index in [1.807, 2.05) is 6.08 Å². The average Bonchev–Trinajstić information content (AvgIpc) is 2.40. The van der Waals surface area contributed by atoms with Crippen LogP contribution in [-0.4, -0.2) is 15.4 Å². The van der Waals surface area contributed by atoms with Crippen LogP contribution in [0.4, 0.5) is 0 Å². The zero-order valence-corrected chi connectivity index (χ0v) is 7.99. The van der Waals surface area contributed by atoms with Gasteiger partial charge in [-0.2, -0.15) is 0 Å². The van der Waals surface area contributed by atoms with E-state index in [9.17, 15) is 0 Å². The topological polar surface area (TPSA) is 25.8 Å². The summed E-state index contributed by atoms with van der Waals surface area (Å²) in [6.45, 7) is 5.84. The van der Waals surface area contributed by atoms with Gasteiger partial charge in [-0.1, -0.05) is 36.1 Å². The van der Waals surface area contributed by atoms with Gasteiger partial charge < -0.3 is 0 Å². The molecule has 0 aliphatic carbocycles. The fraction of sp³-hybridized carbons (Fsp3) is 0.429. The zero-order chi connectivity index (χ0) is 8.10. The molecule has 0 amide bonds. The van der Waals surface area contributed by atoms with E-state index in [1.54, 1.807) is 28.6 Å². The van der Waals surface area contributed by atoms with E-state index in [4.69, 9.17) is 0 Å². The van der Waals surface area contributed by atoms with Gasteiger partial charge in [-0.25, -0.2) is 0 Å². The zero-order valence-electron chi connectivity index (χ0n) is 6.36. The van der Waals surface area contributed by atoms with E-state index < -0.39 is 0 Å². The van der Waals surface area contributed by atoms with Crippen LogP contribution in [0.5, 0.6) is 0 Å². The van der Waals surface area contributed by atoms with Gasteiger partial charge in [-0.15, -0.1) is 16.8 Å². The molecule has 0 saturated heterocycles. The Bertz CT molecular complexity index is 208. The van der Waals surface area contributed by atoms with E-state index in [0.29, 0.717) is 5.25 Å². The second-order valence-electron chi connectivity index (χ2n) is 2.16.